The van der Waals surface area contributed by atoms with Crippen molar-refractivity contribution < 1.29 is 0 Å². The van der Waals surface area contributed by atoms with Gasteiger partial charge in [-0.15, -0.1) is 0 Å². The molecule has 2 nitrogen and oxygen atoms in total. The SMILES string of the molecule is CCc1cnc(/C=C/c2ccccc2)nc1. The number of aryl methyl sites for hydroxylation is 1. The normalized spacial score (nSPS) is 10.8. The first-order chi connectivity index (χ1) is 7.88. The Balaban J connectivity index is 2.12. The predicted octanol–water partition coefficient (Wildman–Crippen LogP) is 3.21. The lowest BCUT2D eigenvalue weighted by Gasteiger charge is -1.95. The molecule has 0 N–H and O–H groups in total. The van der Waals surface area contributed by atoms with E-state index in [0.717, 1.165) is 23.4 Å². The van der Waals surface area contributed by atoms with Crippen molar-refractivity contribution in [3.8, 4) is 0 Å². The third-order valence-corrected chi connectivity index (χ3v) is 2.36. The zero-order valence-corrected chi connectivity index (χ0v) is 9.30. The van der Waals surface area contributed by atoms with Crippen molar-refractivity contribution in [3.63, 3.8) is 0 Å². The molecule has 16 heavy (non-hydrogen) atoms. The van der Waals surface area contributed by atoms with Crippen molar-refractivity contribution in [1.82, 2.24) is 9.97 Å². The Morgan fingerprint density at radius 1 is 1.00 bits per heavy atom. The fourth-order valence-electron chi connectivity index (χ4n) is 1.37. The van der Waals surface area contributed by atoms with Crippen molar-refractivity contribution >= 4 is 12.2 Å². The van der Waals surface area contributed by atoms with Crippen LogP contribution in [0, 0.1) is 0 Å². The van der Waals surface area contributed by atoms with Crippen molar-refractivity contribution in [2.45, 2.75) is 13.3 Å². The number of benzene rings is 1. The fourth-order valence-corrected chi connectivity index (χ4v) is 1.37. The molecule has 0 unspecified atom stereocenters. The number of rotatable bonds is 3. The second-order valence-corrected chi connectivity index (χ2v) is 3.55. The molecule has 0 amide bonds. The van der Waals surface area contributed by atoms with E-state index in [0.29, 0.717) is 0 Å². The Labute approximate surface area is 95.7 Å². The maximum absolute atomic E-state index is 4.27. The Hall–Kier alpha value is -1.96. The molecule has 0 spiro atoms. The molecule has 0 aliphatic heterocycles. The number of nitrogens with zero attached hydrogens (tertiary/aromatic N) is 2. The molecular weight excluding hydrogens is 196 g/mol. The summed E-state index contributed by atoms with van der Waals surface area (Å²) < 4.78 is 0. The van der Waals surface area contributed by atoms with Crippen LogP contribution in [0.1, 0.15) is 23.9 Å². The van der Waals surface area contributed by atoms with Gasteiger partial charge in [0.25, 0.3) is 0 Å². The highest BCUT2D eigenvalue weighted by atomic mass is 14.8. The van der Waals surface area contributed by atoms with Gasteiger partial charge in [-0.3, -0.25) is 0 Å². The Morgan fingerprint density at radius 2 is 1.69 bits per heavy atom. The standard InChI is InChI=1S/C14H14N2/c1-2-12-10-15-14(16-11-12)9-8-13-6-4-3-5-7-13/h3-11H,2H2,1H3/b9-8+. The molecule has 1 aromatic heterocycles. The predicted molar refractivity (Wildman–Crippen MR) is 66.8 cm³/mol. The van der Waals surface area contributed by atoms with E-state index in [1.54, 1.807) is 0 Å². The minimum Gasteiger partial charge on any atom is -0.237 e. The van der Waals surface area contributed by atoms with Gasteiger partial charge in [0, 0.05) is 12.4 Å². The molecule has 0 radical (unpaired) electrons. The molecule has 80 valence electrons. The van der Waals surface area contributed by atoms with Gasteiger partial charge >= 0.3 is 0 Å². The van der Waals surface area contributed by atoms with Crippen LogP contribution >= 0.6 is 0 Å². The average molecular weight is 210 g/mol. The molecule has 2 aromatic rings. The maximum atomic E-state index is 4.27. The lowest BCUT2D eigenvalue weighted by molar-refractivity contribution is 1.03. The highest BCUT2D eigenvalue weighted by Gasteiger charge is 1.92. The molecule has 0 aliphatic rings. The largest absolute Gasteiger partial charge is 0.237 e. The van der Waals surface area contributed by atoms with E-state index >= 15 is 0 Å². The monoisotopic (exact) mass is 210 g/mol. The van der Waals surface area contributed by atoms with Crippen LogP contribution in [0.4, 0.5) is 0 Å². The summed E-state index contributed by atoms with van der Waals surface area (Å²) in [5.74, 6) is 0.751. The van der Waals surface area contributed by atoms with Crippen LogP contribution < -0.4 is 0 Å². The van der Waals surface area contributed by atoms with Gasteiger partial charge < -0.3 is 0 Å². The summed E-state index contributed by atoms with van der Waals surface area (Å²) in [7, 11) is 0. The first-order valence-corrected chi connectivity index (χ1v) is 5.42. The average Bonchev–Trinajstić information content (AvgIpc) is 2.38. The Kier molecular flexibility index (Phi) is 3.44. The van der Waals surface area contributed by atoms with Crippen molar-refractivity contribution in [2.75, 3.05) is 0 Å². The third-order valence-electron chi connectivity index (χ3n) is 2.36. The van der Waals surface area contributed by atoms with Crippen LogP contribution in [0.2, 0.25) is 0 Å². The Morgan fingerprint density at radius 3 is 2.31 bits per heavy atom. The quantitative estimate of drug-likeness (QED) is 0.777. The summed E-state index contributed by atoms with van der Waals surface area (Å²) in [5.41, 5.74) is 2.32. The van der Waals surface area contributed by atoms with Gasteiger partial charge in [-0.2, -0.15) is 0 Å². The smallest absolute Gasteiger partial charge is 0.151 e. The van der Waals surface area contributed by atoms with Crippen LogP contribution in [0.3, 0.4) is 0 Å². The van der Waals surface area contributed by atoms with Gasteiger partial charge in [0.15, 0.2) is 5.82 Å². The van der Waals surface area contributed by atoms with Gasteiger partial charge in [0.2, 0.25) is 0 Å². The minimum absolute atomic E-state index is 0.751. The van der Waals surface area contributed by atoms with Gasteiger partial charge in [0.1, 0.15) is 0 Å². The van der Waals surface area contributed by atoms with Crippen molar-refractivity contribution in [2.24, 2.45) is 0 Å². The van der Waals surface area contributed by atoms with E-state index in [1.165, 1.54) is 0 Å². The van der Waals surface area contributed by atoms with Crippen molar-refractivity contribution in [3.05, 3.63) is 59.7 Å². The number of hydrogen-bond donors (Lipinski definition) is 0. The molecule has 2 heteroatoms. The molecule has 0 bridgehead atoms. The maximum Gasteiger partial charge on any atom is 0.151 e. The molecule has 1 heterocycles. The molecule has 0 atom stereocenters. The number of aromatic nitrogens is 2. The zero-order valence-electron chi connectivity index (χ0n) is 9.30. The lowest BCUT2D eigenvalue weighted by atomic mass is 10.2. The van der Waals surface area contributed by atoms with Crippen LogP contribution in [0.5, 0.6) is 0 Å². The molecule has 0 aliphatic carbocycles. The van der Waals surface area contributed by atoms with Gasteiger partial charge in [-0.25, -0.2) is 9.97 Å². The summed E-state index contributed by atoms with van der Waals surface area (Å²) >= 11 is 0. The van der Waals surface area contributed by atoms with E-state index in [2.05, 4.69) is 29.0 Å². The van der Waals surface area contributed by atoms with Crippen molar-refractivity contribution in [1.29, 1.82) is 0 Å². The van der Waals surface area contributed by atoms with E-state index in [1.807, 2.05) is 42.7 Å². The lowest BCUT2D eigenvalue weighted by Crippen LogP contribution is -1.89. The van der Waals surface area contributed by atoms with E-state index < -0.39 is 0 Å². The van der Waals surface area contributed by atoms with Gasteiger partial charge in [0.05, 0.1) is 0 Å². The summed E-state index contributed by atoms with van der Waals surface area (Å²) in [6, 6.07) is 10.1. The van der Waals surface area contributed by atoms with Crippen LogP contribution in [-0.4, -0.2) is 9.97 Å². The van der Waals surface area contributed by atoms with Crippen LogP contribution in [0.25, 0.3) is 12.2 Å². The second-order valence-electron chi connectivity index (χ2n) is 3.55. The Bertz CT molecular complexity index is 458. The zero-order chi connectivity index (χ0) is 11.2. The van der Waals surface area contributed by atoms with Crippen LogP contribution in [-0.2, 0) is 6.42 Å². The summed E-state index contributed by atoms with van der Waals surface area (Å²) in [6.45, 7) is 2.10. The summed E-state index contributed by atoms with van der Waals surface area (Å²) in [6.07, 6.45) is 8.66. The molecule has 0 fully saturated rings. The number of hydrogen-bond acceptors (Lipinski definition) is 2. The van der Waals surface area contributed by atoms with E-state index in [9.17, 15) is 0 Å². The highest BCUT2D eigenvalue weighted by molar-refractivity contribution is 5.66. The first-order valence-electron chi connectivity index (χ1n) is 5.42. The van der Waals surface area contributed by atoms with Crippen LogP contribution in [0.15, 0.2) is 42.7 Å². The molecule has 1 aromatic carbocycles. The molecule has 2 rings (SSSR count). The third kappa shape index (κ3) is 2.76. The molecule has 0 saturated heterocycles. The van der Waals surface area contributed by atoms with Gasteiger partial charge in [-0.05, 0) is 23.6 Å². The summed E-state index contributed by atoms with van der Waals surface area (Å²) in [4.78, 5) is 8.53. The van der Waals surface area contributed by atoms with Gasteiger partial charge in [-0.1, -0.05) is 43.3 Å². The van der Waals surface area contributed by atoms with E-state index in [4.69, 9.17) is 0 Å². The van der Waals surface area contributed by atoms with E-state index in [-0.39, 0.29) is 0 Å². The minimum atomic E-state index is 0.751. The highest BCUT2D eigenvalue weighted by Crippen LogP contribution is 2.04. The first kappa shape index (κ1) is 10.6. The molecular formula is C14H14N2. The summed E-state index contributed by atoms with van der Waals surface area (Å²) in [5, 5.41) is 0. The fraction of sp³-hybridized carbons (Fsp3) is 0.143. The second kappa shape index (κ2) is 5.21. The molecule has 0 saturated carbocycles. The topological polar surface area (TPSA) is 25.8 Å².